The van der Waals surface area contributed by atoms with Crippen molar-refractivity contribution < 1.29 is 37.4 Å². The van der Waals surface area contributed by atoms with Crippen LogP contribution in [-0.4, -0.2) is 50.2 Å². The summed E-state index contributed by atoms with van der Waals surface area (Å²) >= 11 is 0. The van der Waals surface area contributed by atoms with Crippen LogP contribution in [0.5, 0.6) is 5.75 Å². The number of aromatic hydroxyl groups is 1. The van der Waals surface area contributed by atoms with Gasteiger partial charge in [-0.15, -0.1) is 0 Å². The first-order valence-corrected chi connectivity index (χ1v) is 13.3. The molecule has 0 spiro atoms. The molecule has 1 N–H and O–H groups in total. The molecular formula is C26H28O8S. The Morgan fingerprint density at radius 3 is 2.31 bits per heavy atom. The highest BCUT2D eigenvalue weighted by Gasteiger charge is 2.57. The molecule has 1 fully saturated rings. The second-order valence-corrected chi connectivity index (χ2v) is 11.2. The van der Waals surface area contributed by atoms with E-state index >= 15 is 0 Å². The number of carbonyl (C=O) groups is 3. The average Bonchev–Trinajstić information content (AvgIpc) is 2.82. The minimum atomic E-state index is -3.67. The first-order chi connectivity index (χ1) is 16.6. The predicted molar refractivity (Wildman–Crippen MR) is 126 cm³/mol. The highest BCUT2D eigenvalue weighted by atomic mass is 32.2. The van der Waals surface area contributed by atoms with Crippen LogP contribution in [0.4, 0.5) is 0 Å². The maximum atomic E-state index is 13.2. The number of esters is 2. The van der Waals surface area contributed by atoms with Gasteiger partial charge in [-0.25, -0.2) is 8.42 Å². The molecule has 2 bridgehead atoms. The molecule has 0 saturated heterocycles. The van der Waals surface area contributed by atoms with E-state index in [1.807, 2.05) is 13.8 Å². The van der Waals surface area contributed by atoms with Crippen molar-refractivity contribution in [1.29, 1.82) is 0 Å². The smallest absolute Gasteiger partial charge is 0.310 e. The SMILES string of the molecule is CCCOC(=O)C1C2C(=O)CC(c3ccc(O)cc32)C1C(=O)OCCS(=O)(=O)c1ccc(C)cc1. The Hall–Kier alpha value is -3.20. The van der Waals surface area contributed by atoms with Crippen molar-refractivity contribution >= 4 is 27.6 Å². The van der Waals surface area contributed by atoms with Crippen LogP contribution in [0.15, 0.2) is 47.4 Å². The fourth-order valence-electron chi connectivity index (χ4n) is 5.07. The highest BCUT2D eigenvalue weighted by Crippen LogP contribution is 2.55. The molecule has 0 heterocycles. The number of ketones is 1. The van der Waals surface area contributed by atoms with Gasteiger partial charge in [0.15, 0.2) is 9.84 Å². The van der Waals surface area contributed by atoms with Crippen LogP contribution in [0.1, 0.15) is 48.3 Å². The van der Waals surface area contributed by atoms with Gasteiger partial charge in [-0.05, 0) is 48.7 Å². The number of hydrogen-bond donors (Lipinski definition) is 1. The van der Waals surface area contributed by atoms with E-state index < -0.39 is 51.2 Å². The molecular weight excluding hydrogens is 472 g/mol. The fourth-order valence-corrected chi connectivity index (χ4v) is 6.16. The Labute approximate surface area is 204 Å². The van der Waals surface area contributed by atoms with Gasteiger partial charge in [0.05, 0.1) is 35.0 Å². The van der Waals surface area contributed by atoms with E-state index in [1.165, 1.54) is 24.3 Å². The lowest BCUT2D eigenvalue weighted by molar-refractivity contribution is -0.167. The number of sulfone groups is 1. The number of hydrogen-bond acceptors (Lipinski definition) is 8. The first kappa shape index (κ1) is 24.9. The minimum absolute atomic E-state index is 0.0368. The number of carbonyl (C=O) groups excluding carboxylic acids is 3. The largest absolute Gasteiger partial charge is 0.508 e. The monoisotopic (exact) mass is 500 g/mol. The van der Waals surface area contributed by atoms with Crippen molar-refractivity contribution in [3.05, 3.63) is 59.2 Å². The third kappa shape index (κ3) is 4.82. The lowest BCUT2D eigenvalue weighted by Crippen LogP contribution is -2.50. The van der Waals surface area contributed by atoms with Crippen LogP contribution in [0.2, 0.25) is 0 Å². The number of Topliss-reactive ketones (excluding diaryl/α,β-unsaturated/α-hetero) is 1. The normalized spacial score (nSPS) is 23.0. The Balaban J connectivity index is 1.57. The molecule has 3 aliphatic carbocycles. The van der Waals surface area contributed by atoms with Crippen LogP contribution in [0.3, 0.4) is 0 Å². The van der Waals surface area contributed by atoms with Gasteiger partial charge in [0.1, 0.15) is 18.1 Å². The summed E-state index contributed by atoms with van der Waals surface area (Å²) in [5.74, 6) is -5.67. The van der Waals surface area contributed by atoms with Gasteiger partial charge >= 0.3 is 11.9 Å². The molecule has 186 valence electrons. The van der Waals surface area contributed by atoms with E-state index in [0.717, 1.165) is 5.56 Å². The molecule has 0 radical (unpaired) electrons. The summed E-state index contributed by atoms with van der Waals surface area (Å²) in [7, 11) is -3.67. The van der Waals surface area contributed by atoms with E-state index in [4.69, 9.17) is 9.47 Å². The third-order valence-corrected chi connectivity index (χ3v) is 8.42. The van der Waals surface area contributed by atoms with E-state index in [1.54, 1.807) is 18.2 Å². The van der Waals surface area contributed by atoms with Crippen LogP contribution in [0, 0.1) is 18.8 Å². The molecule has 4 atom stereocenters. The number of phenols is 1. The molecule has 2 aromatic rings. The van der Waals surface area contributed by atoms with Gasteiger partial charge in [-0.2, -0.15) is 0 Å². The van der Waals surface area contributed by atoms with Gasteiger partial charge in [0.2, 0.25) is 0 Å². The highest BCUT2D eigenvalue weighted by molar-refractivity contribution is 7.91. The molecule has 8 nitrogen and oxygen atoms in total. The van der Waals surface area contributed by atoms with Gasteiger partial charge in [0.25, 0.3) is 0 Å². The van der Waals surface area contributed by atoms with Gasteiger partial charge in [0, 0.05) is 12.3 Å². The van der Waals surface area contributed by atoms with Crippen molar-refractivity contribution in [2.24, 2.45) is 11.8 Å². The van der Waals surface area contributed by atoms with Gasteiger partial charge in [-0.1, -0.05) is 30.7 Å². The number of rotatable bonds is 8. The van der Waals surface area contributed by atoms with Crippen molar-refractivity contribution in [1.82, 2.24) is 0 Å². The molecule has 0 aromatic heterocycles. The van der Waals surface area contributed by atoms with E-state index in [2.05, 4.69) is 0 Å². The molecule has 4 unspecified atom stereocenters. The van der Waals surface area contributed by atoms with Crippen LogP contribution < -0.4 is 0 Å². The van der Waals surface area contributed by atoms with Crippen molar-refractivity contribution in [2.75, 3.05) is 19.0 Å². The quantitative estimate of drug-likeness (QED) is 0.549. The van der Waals surface area contributed by atoms with Gasteiger partial charge < -0.3 is 14.6 Å². The Morgan fingerprint density at radius 1 is 0.971 bits per heavy atom. The Bertz CT molecular complexity index is 1250. The van der Waals surface area contributed by atoms with E-state index in [9.17, 15) is 27.9 Å². The predicted octanol–water partition coefficient (Wildman–Crippen LogP) is 3.06. The maximum absolute atomic E-state index is 13.2. The lowest BCUT2D eigenvalue weighted by atomic mass is 9.55. The molecule has 9 heteroatoms. The zero-order valence-electron chi connectivity index (χ0n) is 19.6. The van der Waals surface area contributed by atoms with Gasteiger partial charge in [-0.3, -0.25) is 14.4 Å². The zero-order valence-corrected chi connectivity index (χ0v) is 20.4. The third-order valence-electron chi connectivity index (χ3n) is 6.72. The molecule has 2 aromatic carbocycles. The lowest BCUT2D eigenvalue weighted by Gasteiger charge is -2.46. The van der Waals surface area contributed by atoms with Crippen molar-refractivity contribution in [3.8, 4) is 5.75 Å². The molecule has 35 heavy (non-hydrogen) atoms. The van der Waals surface area contributed by atoms with E-state index in [-0.39, 0.29) is 36.1 Å². The summed E-state index contributed by atoms with van der Waals surface area (Å²) in [6.45, 7) is 3.45. The summed E-state index contributed by atoms with van der Waals surface area (Å²) < 4.78 is 36.0. The second kappa shape index (κ2) is 9.81. The maximum Gasteiger partial charge on any atom is 0.310 e. The summed E-state index contributed by atoms with van der Waals surface area (Å²) in [6.07, 6.45) is 0.630. The average molecular weight is 501 g/mol. The second-order valence-electron chi connectivity index (χ2n) is 9.09. The molecule has 3 aliphatic rings. The zero-order chi connectivity index (χ0) is 25.3. The number of phenolic OH excluding ortho intramolecular Hbond substituents is 1. The number of benzene rings is 2. The standard InChI is InChI=1S/C26H28O8S/c1-3-10-33-26(30)24-22-19-13-16(27)6-9-18(19)20(14-21(22)28)23(24)25(29)34-11-12-35(31,32)17-7-4-15(2)5-8-17/h4-9,13,20,22-24,27H,3,10-12,14H2,1-2H3. The van der Waals surface area contributed by atoms with Crippen LogP contribution in [0.25, 0.3) is 0 Å². The number of ether oxygens (including phenoxy) is 2. The number of aryl methyl sites for hydroxylation is 1. The van der Waals surface area contributed by atoms with Crippen molar-refractivity contribution in [2.45, 2.75) is 43.4 Å². The summed E-state index contributed by atoms with van der Waals surface area (Å²) in [5.41, 5.74) is 2.16. The number of fused-ring (bicyclic) bond motifs is 2. The molecule has 5 rings (SSSR count). The molecule has 1 saturated carbocycles. The van der Waals surface area contributed by atoms with Crippen LogP contribution in [-0.2, 0) is 33.7 Å². The first-order valence-electron chi connectivity index (χ1n) is 11.6. The molecule has 0 aliphatic heterocycles. The summed E-state index contributed by atoms with van der Waals surface area (Å²) in [6, 6.07) is 11.0. The topological polar surface area (TPSA) is 124 Å². The fraction of sp³-hybridized carbons (Fsp3) is 0.423. The Morgan fingerprint density at radius 2 is 1.63 bits per heavy atom. The Kier molecular flexibility index (Phi) is 6.98. The van der Waals surface area contributed by atoms with E-state index in [0.29, 0.717) is 17.5 Å². The summed E-state index contributed by atoms with van der Waals surface area (Å²) in [5, 5.41) is 9.97. The molecule has 0 amide bonds. The van der Waals surface area contributed by atoms with Crippen LogP contribution >= 0.6 is 0 Å². The summed E-state index contributed by atoms with van der Waals surface area (Å²) in [4.78, 5) is 39.3. The minimum Gasteiger partial charge on any atom is -0.508 e. The van der Waals surface area contributed by atoms with Crippen molar-refractivity contribution in [3.63, 3.8) is 0 Å².